The molecule has 0 fully saturated rings. The van der Waals surface area contributed by atoms with Crippen LogP contribution in [0.4, 0.5) is 26.4 Å². The maximum Gasteiger partial charge on any atom is 0.323 e. The van der Waals surface area contributed by atoms with E-state index in [0.29, 0.717) is 35.1 Å². The molecule has 8 nitrogen and oxygen atoms in total. The van der Waals surface area contributed by atoms with Gasteiger partial charge in [-0.15, -0.1) is 0 Å². The molecule has 4 aromatic carbocycles. The molecule has 0 aliphatic heterocycles. The van der Waals surface area contributed by atoms with Gasteiger partial charge in [0.25, 0.3) is 0 Å². The zero-order chi connectivity index (χ0) is 28.6. The van der Waals surface area contributed by atoms with Gasteiger partial charge in [0, 0.05) is 24.1 Å². The minimum Gasteiger partial charge on any atom is -0.489 e. The number of hydrogen-bond donors (Lipinski definition) is 5. The van der Waals surface area contributed by atoms with Crippen molar-refractivity contribution < 1.29 is 18.7 Å². The van der Waals surface area contributed by atoms with Gasteiger partial charge in [-0.25, -0.2) is 9.18 Å². The normalized spacial score (nSPS) is 10.5. The quantitative estimate of drug-likeness (QED) is 0.0969. The largest absolute Gasteiger partial charge is 0.489 e. The number of carbonyl (C=O) groups is 1. The minimum atomic E-state index is -0.508. The molecule has 0 saturated heterocycles. The molecule has 0 atom stereocenters. The Balaban J connectivity index is 1.19. The molecule has 0 unspecified atom stereocenters. The summed E-state index contributed by atoms with van der Waals surface area (Å²) in [5.74, 6) is 1.34. The van der Waals surface area contributed by atoms with E-state index < -0.39 is 11.8 Å². The number of hydrogen-bond acceptors (Lipinski definition) is 5. The number of aromatic amines is 1. The predicted octanol–water partition coefficient (Wildman–Crippen LogP) is 7.49. The van der Waals surface area contributed by atoms with E-state index in [4.69, 9.17) is 14.9 Å². The van der Waals surface area contributed by atoms with Gasteiger partial charge in [0.15, 0.2) is 0 Å². The van der Waals surface area contributed by atoms with Gasteiger partial charge in [0.2, 0.25) is 5.90 Å². The van der Waals surface area contributed by atoms with E-state index in [-0.39, 0.29) is 5.90 Å². The Hall–Kier alpha value is -5.57. The summed E-state index contributed by atoms with van der Waals surface area (Å²) in [6.45, 7) is 0.490. The molecule has 0 saturated carbocycles. The number of carbonyl (C=O) groups excluding carboxylic acids is 1. The number of aromatic nitrogens is 1. The van der Waals surface area contributed by atoms with E-state index in [0.717, 1.165) is 22.6 Å². The second-order valence-corrected chi connectivity index (χ2v) is 9.07. The van der Waals surface area contributed by atoms with Gasteiger partial charge < -0.3 is 30.4 Å². The summed E-state index contributed by atoms with van der Waals surface area (Å²) in [5.41, 5.74) is 4.25. The molecule has 0 aliphatic carbocycles. The molecule has 206 valence electrons. The van der Waals surface area contributed by atoms with Crippen LogP contribution in [-0.4, -0.2) is 24.0 Å². The van der Waals surface area contributed by atoms with Crippen LogP contribution in [0.1, 0.15) is 11.1 Å². The topological polar surface area (TPSA) is 111 Å². The summed E-state index contributed by atoms with van der Waals surface area (Å²) in [6, 6.07) is 31.3. The lowest BCUT2D eigenvalue weighted by Gasteiger charge is -2.10. The van der Waals surface area contributed by atoms with Crippen LogP contribution >= 0.6 is 0 Å². The van der Waals surface area contributed by atoms with Crippen molar-refractivity contribution in [2.45, 2.75) is 6.61 Å². The van der Waals surface area contributed by atoms with Crippen molar-refractivity contribution >= 4 is 29.1 Å². The molecule has 0 spiro atoms. The second-order valence-electron chi connectivity index (χ2n) is 9.07. The first kappa shape index (κ1) is 27.0. The van der Waals surface area contributed by atoms with Crippen molar-refractivity contribution in [2.24, 2.45) is 0 Å². The number of halogens is 1. The van der Waals surface area contributed by atoms with Crippen molar-refractivity contribution in [1.29, 1.82) is 5.41 Å². The van der Waals surface area contributed by atoms with Crippen molar-refractivity contribution in [3.63, 3.8) is 0 Å². The van der Waals surface area contributed by atoms with Crippen molar-refractivity contribution in [2.75, 3.05) is 23.0 Å². The van der Waals surface area contributed by atoms with E-state index >= 15 is 0 Å². The molecule has 1 aromatic heterocycles. The van der Waals surface area contributed by atoms with Gasteiger partial charge in [0.1, 0.15) is 29.7 Å². The van der Waals surface area contributed by atoms with Crippen LogP contribution in [-0.2, 0) is 6.61 Å². The maximum absolute atomic E-state index is 13.3. The highest BCUT2D eigenvalue weighted by atomic mass is 19.1. The van der Waals surface area contributed by atoms with Crippen molar-refractivity contribution in [3.05, 3.63) is 126 Å². The Morgan fingerprint density at radius 2 is 1.54 bits per heavy atom. The van der Waals surface area contributed by atoms with Gasteiger partial charge in [0.05, 0.1) is 5.56 Å². The summed E-state index contributed by atoms with van der Waals surface area (Å²) >= 11 is 0. The van der Waals surface area contributed by atoms with Crippen LogP contribution in [0.3, 0.4) is 0 Å². The molecule has 41 heavy (non-hydrogen) atoms. The SMILES string of the molecule is CNc1[nH]c(-c2ccc(OCc3ccccc3)cc2)cc1C(=N)Oc1ccc(NC(=O)Nc2cccc(F)c2)cc1. The van der Waals surface area contributed by atoms with Gasteiger partial charge in [-0.3, -0.25) is 5.41 Å². The monoisotopic (exact) mass is 549 g/mol. The smallest absolute Gasteiger partial charge is 0.323 e. The zero-order valence-electron chi connectivity index (χ0n) is 22.2. The highest BCUT2D eigenvalue weighted by molar-refractivity contribution is 6.01. The molecule has 9 heteroatoms. The number of amides is 2. The molecule has 5 aromatic rings. The number of H-pyrrole nitrogens is 1. The Labute approximate surface area is 236 Å². The molecule has 0 bridgehead atoms. The molecule has 0 aliphatic rings. The molecule has 5 rings (SSSR count). The van der Waals surface area contributed by atoms with Crippen LogP contribution < -0.4 is 25.4 Å². The summed E-state index contributed by atoms with van der Waals surface area (Å²) in [4.78, 5) is 15.5. The molecule has 2 amide bonds. The first-order chi connectivity index (χ1) is 20.0. The Morgan fingerprint density at radius 3 is 2.24 bits per heavy atom. The van der Waals surface area contributed by atoms with Gasteiger partial charge in [-0.05, 0) is 83.9 Å². The first-order valence-corrected chi connectivity index (χ1v) is 12.8. The van der Waals surface area contributed by atoms with Gasteiger partial charge in [-0.2, -0.15) is 0 Å². The number of ether oxygens (including phenoxy) is 2. The zero-order valence-corrected chi connectivity index (χ0v) is 22.2. The number of rotatable bonds is 9. The lowest BCUT2D eigenvalue weighted by atomic mass is 10.1. The fraction of sp³-hybridized carbons (Fsp3) is 0.0625. The second kappa shape index (κ2) is 12.5. The summed E-state index contributed by atoms with van der Waals surface area (Å²) in [5, 5.41) is 16.9. The van der Waals surface area contributed by atoms with Crippen LogP contribution in [0.15, 0.2) is 109 Å². The summed E-state index contributed by atoms with van der Waals surface area (Å²) < 4.78 is 25.0. The van der Waals surface area contributed by atoms with Crippen LogP contribution in [0.25, 0.3) is 11.3 Å². The Morgan fingerprint density at radius 1 is 0.829 bits per heavy atom. The van der Waals surface area contributed by atoms with Crippen molar-refractivity contribution in [1.82, 2.24) is 4.98 Å². The third kappa shape index (κ3) is 7.10. The van der Waals surface area contributed by atoms with Crippen LogP contribution in [0, 0.1) is 11.2 Å². The van der Waals surface area contributed by atoms with E-state index in [1.54, 1.807) is 37.4 Å². The lowest BCUT2D eigenvalue weighted by molar-refractivity contribution is 0.262. The number of urea groups is 1. The highest BCUT2D eigenvalue weighted by Gasteiger charge is 2.15. The van der Waals surface area contributed by atoms with Gasteiger partial charge >= 0.3 is 6.03 Å². The van der Waals surface area contributed by atoms with Crippen molar-refractivity contribution in [3.8, 4) is 22.8 Å². The molecule has 5 N–H and O–H groups in total. The molecular weight excluding hydrogens is 521 g/mol. The van der Waals surface area contributed by atoms with E-state index in [1.165, 1.54) is 18.2 Å². The first-order valence-electron chi connectivity index (χ1n) is 12.8. The van der Waals surface area contributed by atoms with Crippen LogP contribution in [0.5, 0.6) is 11.5 Å². The van der Waals surface area contributed by atoms with E-state index in [2.05, 4.69) is 20.9 Å². The van der Waals surface area contributed by atoms with Crippen LogP contribution in [0.2, 0.25) is 0 Å². The highest BCUT2D eigenvalue weighted by Crippen LogP contribution is 2.28. The molecular formula is C32H28FN5O3. The molecule has 1 heterocycles. The fourth-order valence-corrected chi connectivity index (χ4v) is 4.10. The van der Waals surface area contributed by atoms with E-state index in [1.807, 2.05) is 60.7 Å². The number of benzene rings is 4. The average molecular weight is 550 g/mol. The maximum atomic E-state index is 13.3. The molecule has 0 radical (unpaired) electrons. The summed E-state index contributed by atoms with van der Waals surface area (Å²) in [6.07, 6.45) is 0. The predicted molar refractivity (Wildman–Crippen MR) is 159 cm³/mol. The number of anilines is 3. The van der Waals surface area contributed by atoms with E-state index in [9.17, 15) is 9.18 Å². The lowest BCUT2D eigenvalue weighted by Crippen LogP contribution is -2.19. The third-order valence-corrected chi connectivity index (χ3v) is 6.14. The average Bonchev–Trinajstić information content (AvgIpc) is 3.43. The summed E-state index contributed by atoms with van der Waals surface area (Å²) in [7, 11) is 1.77. The standard InChI is InChI=1S/C32H28FN5O3/c1-35-31-28(19-29(38-31)22-10-14-26(15-11-22)40-20-21-6-3-2-4-7-21)30(34)41-27-16-12-24(13-17-27)36-32(39)37-25-9-5-8-23(33)18-25/h2-19,34-35,38H,20H2,1H3,(H2,36,37,39). The Bertz CT molecular complexity index is 1630. The third-order valence-electron chi connectivity index (χ3n) is 6.14. The Kier molecular flexibility index (Phi) is 8.25. The minimum absolute atomic E-state index is 0.0516. The van der Waals surface area contributed by atoms with Gasteiger partial charge in [-0.1, -0.05) is 36.4 Å². The number of nitrogens with one attached hydrogen (secondary N) is 5. The fourth-order valence-electron chi connectivity index (χ4n) is 4.10.